The third-order valence-corrected chi connectivity index (χ3v) is 2.34. The smallest absolute Gasteiger partial charge is 0.225 e. The van der Waals surface area contributed by atoms with Crippen molar-refractivity contribution in [3.63, 3.8) is 0 Å². The molecule has 0 bridgehead atoms. The van der Waals surface area contributed by atoms with Gasteiger partial charge >= 0.3 is 0 Å². The summed E-state index contributed by atoms with van der Waals surface area (Å²) in [5.41, 5.74) is 0.809. The quantitative estimate of drug-likeness (QED) is 0.801. The van der Waals surface area contributed by atoms with Gasteiger partial charge in [0.1, 0.15) is 6.33 Å². The van der Waals surface area contributed by atoms with Crippen LogP contribution in [0.15, 0.2) is 24.5 Å². The van der Waals surface area contributed by atoms with E-state index in [0.717, 1.165) is 17.3 Å². The molecule has 78 valence electrons. The molecule has 2 rings (SSSR count). The standard InChI is InChI=1S/C11H11ClN2O/c1-2-6-15-11-10-8(12)4-3-5-9(10)13-7-14-11/h3-5,7H,2,6H2,1H3. The maximum atomic E-state index is 6.08. The third kappa shape index (κ3) is 2.02. The number of hydrogen-bond acceptors (Lipinski definition) is 3. The molecule has 2 aromatic rings. The Kier molecular flexibility index (Phi) is 3.02. The van der Waals surface area contributed by atoms with Crippen LogP contribution < -0.4 is 4.74 Å². The molecule has 0 unspecified atom stereocenters. The van der Waals surface area contributed by atoms with Crippen LogP contribution >= 0.6 is 11.6 Å². The van der Waals surface area contributed by atoms with Gasteiger partial charge in [-0.3, -0.25) is 0 Å². The van der Waals surface area contributed by atoms with Crippen LogP contribution in [-0.2, 0) is 0 Å². The first kappa shape index (κ1) is 10.2. The number of nitrogens with zero attached hydrogens (tertiary/aromatic N) is 2. The number of benzene rings is 1. The first-order valence-electron chi connectivity index (χ1n) is 4.85. The predicted molar refractivity (Wildman–Crippen MR) is 60.3 cm³/mol. The normalized spacial score (nSPS) is 10.5. The van der Waals surface area contributed by atoms with Crippen LogP contribution in [0.1, 0.15) is 13.3 Å². The Labute approximate surface area is 93.1 Å². The lowest BCUT2D eigenvalue weighted by atomic mass is 10.2. The fraction of sp³-hybridized carbons (Fsp3) is 0.273. The number of fused-ring (bicyclic) bond motifs is 1. The fourth-order valence-electron chi connectivity index (χ4n) is 1.35. The van der Waals surface area contributed by atoms with Gasteiger partial charge in [-0.1, -0.05) is 24.6 Å². The van der Waals surface area contributed by atoms with Gasteiger partial charge in [-0.15, -0.1) is 0 Å². The van der Waals surface area contributed by atoms with Crippen molar-refractivity contribution in [3.8, 4) is 5.88 Å². The summed E-state index contributed by atoms with van der Waals surface area (Å²) in [4.78, 5) is 8.22. The number of aromatic nitrogens is 2. The molecule has 0 spiro atoms. The molecule has 0 aliphatic rings. The Morgan fingerprint density at radius 3 is 3.00 bits per heavy atom. The first-order valence-corrected chi connectivity index (χ1v) is 5.22. The van der Waals surface area contributed by atoms with Crippen molar-refractivity contribution in [1.29, 1.82) is 0 Å². The summed E-state index contributed by atoms with van der Waals surface area (Å²) < 4.78 is 5.51. The van der Waals surface area contributed by atoms with E-state index in [4.69, 9.17) is 16.3 Å². The van der Waals surface area contributed by atoms with Gasteiger partial charge in [0.05, 0.1) is 22.5 Å². The van der Waals surface area contributed by atoms with E-state index in [2.05, 4.69) is 9.97 Å². The van der Waals surface area contributed by atoms with Gasteiger partial charge in [-0.2, -0.15) is 0 Å². The second kappa shape index (κ2) is 4.45. The molecule has 0 aliphatic carbocycles. The Hall–Kier alpha value is -1.35. The average Bonchev–Trinajstić information content (AvgIpc) is 2.26. The molecule has 4 heteroatoms. The average molecular weight is 223 g/mol. The maximum absolute atomic E-state index is 6.08. The summed E-state index contributed by atoms with van der Waals surface area (Å²) in [6, 6.07) is 5.56. The molecule has 1 aromatic carbocycles. The highest BCUT2D eigenvalue weighted by Crippen LogP contribution is 2.28. The lowest BCUT2D eigenvalue weighted by Gasteiger charge is -2.07. The highest BCUT2D eigenvalue weighted by Gasteiger charge is 2.07. The van der Waals surface area contributed by atoms with E-state index in [1.165, 1.54) is 6.33 Å². The van der Waals surface area contributed by atoms with Gasteiger partial charge in [0.15, 0.2) is 0 Å². The second-order valence-corrected chi connectivity index (χ2v) is 3.57. The zero-order valence-electron chi connectivity index (χ0n) is 8.40. The van der Waals surface area contributed by atoms with E-state index >= 15 is 0 Å². The Morgan fingerprint density at radius 1 is 1.33 bits per heavy atom. The van der Waals surface area contributed by atoms with Crippen LogP contribution in [0.2, 0.25) is 5.02 Å². The van der Waals surface area contributed by atoms with Crippen LogP contribution in [0.3, 0.4) is 0 Å². The van der Waals surface area contributed by atoms with Crippen molar-refractivity contribution in [3.05, 3.63) is 29.5 Å². The largest absolute Gasteiger partial charge is 0.477 e. The van der Waals surface area contributed by atoms with E-state index in [9.17, 15) is 0 Å². The van der Waals surface area contributed by atoms with E-state index in [0.29, 0.717) is 17.5 Å². The molecule has 3 nitrogen and oxygen atoms in total. The topological polar surface area (TPSA) is 35.0 Å². The molecule has 0 amide bonds. The lowest BCUT2D eigenvalue weighted by Crippen LogP contribution is -1.98. The monoisotopic (exact) mass is 222 g/mol. The molecule has 0 N–H and O–H groups in total. The Bertz CT molecular complexity index is 468. The van der Waals surface area contributed by atoms with Crippen molar-refractivity contribution >= 4 is 22.5 Å². The van der Waals surface area contributed by atoms with Gasteiger partial charge in [0, 0.05) is 0 Å². The number of hydrogen-bond donors (Lipinski definition) is 0. The second-order valence-electron chi connectivity index (χ2n) is 3.16. The SMILES string of the molecule is CCCOc1ncnc2cccc(Cl)c12. The van der Waals surface area contributed by atoms with Gasteiger partial charge in [-0.25, -0.2) is 9.97 Å². The third-order valence-electron chi connectivity index (χ3n) is 2.02. The Balaban J connectivity index is 2.53. The summed E-state index contributed by atoms with van der Waals surface area (Å²) in [6.45, 7) is 2.68. The lowest BCUT2D eigenvalue weighted by molar-refractivity contribution is 0.309. The molecule has 0 fully saturated rings. The summed E-state index contributed by atoms with van der Waals surface area (Å²) in [5, 5.41) is 1.41. The van der Waals surface area contributed by atoms with Crippen LogP contribution in [0.5, 0.6) is 5.88 Å². The highest BCUT2D eigenvalue weighted by atomic mass is 35.5. The van der Waals surface area contributed by atoms with Crippen LogP contribution in [0, 0.1) is 0 Å². The van der Waals surface area contributed by atoms with E-state index in [-0.39, 0.29) is 0 Å². The van der Waals surface area contributed by atoms with Crippen molar-refractivity contribution in [2.24, 2.45) is 0 Å². The van der Waals surface area contributed by atoms with Gasteiger partial charge in [0.25, 0.3) is 0 Å². The maximum Gasteiger partial charge on any atom is 0.225 e. The molecule has 0 atom stereocenters. The van der Waals surface area contributed by atoms with Crippen LogP contribution in [0.4, 0.5) is 0 Å². The predicted octanol–water partition coefficient (Wildman–Crippen LogP) is 3.07. The van der Waals surface area contributed by atoms with Crippen molar-refractivity contribution in [2.45, 2.75) is 13.3 Å². The van der Waals surface area contributed by atoms with Crippen LogP contribution in [0.25, 0.3) is 10.9 Å². The summed E-state index contributed by atoms with van der Waals surface area (Å²) in [6.07, 6.45) is 2.43. The van der Waals surface area contributed by atoms with Gasteiger partial charge in [0.2, 0.25) is 5.88 Å². The highest BCUT2D eigenvalue weighted by molar-refractivity contribution is 6.35. The first-order chi connectivity index (χ1) is 7.33. The minimum atomic E-state index is 0.562. The molecule has 0 aliphatic heterocycles. The zero-order chi connectivity index (χ0) is 10.7. The molecular weight excluding hydrogens is 212 g/mol. The number of rotatable bonds is 3. The molecule has 1 heterocycles. The van der Waals surface area contributed by atoms with Crippen molar-refractivity contribution < 1.29 is 4.74 Å². The fourth-order valence-corrected chi connectivity index (χ4v) is 1.60. The van der Waals surface area contributed by atoms with Crippen LogP contribution in [-0.4, -0.2) is 16.6 Å². The van der Waals surface area contributed by atoms with E-state index in [1.54, 1.807) is 0 Å². The van der Waals surface area contributed by atoms with Gasteiger partial charge < -0.3 is 4.74 Å². The number of halogens is 1. The summed E-state index contributed by atoms with van der Waals surface area (Å²) >= 11 is 6.08. The molecular formula is C11H11ClN2O. The molecule has 0 radical (unpaired) electrons. The minimum Gasteiger partial charge on any atom is -0.477 e. The van der Waals surface area contributed by atoms with Crippen molar-refractivity contribution in [2.75, 3.05) is 6.61 Å². The van der Waals surface area contributed by atoms with E-state index < -0.39 is 0 Å². The van der Waals surface area contributed by atoms with E-state index in [1.807, 2.05) is 25.1 Å². The van der Waals surface area contributed by atoms with Gasteiger partial charge in [-0.05, 0) is 18.6 Å². The van der Waals surface area contributed by atoms with Crippen molar-refractivity contribution in [1.82, 2.24) is 9.97 Å². The molecule has 0 saturated heterocycles. The summed E-state index contributed by atoms with van der Waals surface area (Å²) in [7, 11) is 0. The summed E-state index contributed by atoms with van der Waals surface area (Å²) in [5.74, 6) is 0.562. The molecule has 15 heavy (non-hydrogen) atoms. The number of ether oxygens (including phenoxy) is 1. The molecule has 1 aromatic heterocycles. The zero-order valence-corrected chi connectivity index (χ0v) is 9.16. The Morgan fingerprint density at radius 2 is 2.20 bits per heavy atom. The minimum absolute atomic E-state index is 0.562. The molecule has 0 saturated carbocycles.